The smallest absolute Gasteiger partial charge is 0.220 e. The van der Waals surface area contributed by atoms with E-state index in [4.69, 9.17) is 0 Å². The summed E-state index contributed by atoms with van der Waals surface area (Å²) in [6.45, 7) is 1.65. The second-order valence-corrected chi connectivity index (χ2v) is 7.43. The maximum atomic E-state index is 13.0. The Balaban J connectivity index is 1.50. The Morgan fingerprint density at radius 2 is 1.89 bits per heavy atom. The van der Waals surface area contributed by atoms with E-state index in [1.165, 1.54) is 24.3 Å². The van der Waals surface area contributed by atoms with E-state index in [1.54, 1.807) is 18.3 Å². The molecule has 2 N–H and O–H groups in total. The van der Waals surface area contributed by atoms with E-state index in [1.807, 2.05) is 35.7 Å². The molecule has 3 rings (SSSR count). The Morgan fingerprint density at radius 3 is 2.59 bits per heavy atom. The lowest BCUT2D eigenvalue weighted by Crippen LogP contribution is -2.38. The highest BCUT2D eigenvalue weighted by Crippen LogP contribution is 2.24. The van der Waals surface area contributed by atoms with Gasteiger partial charge in [0.25, 0.3) is 0 Å². The standard InChI is InChI=1S/C21H21FN2O2S/c1-21(26,16-7-9-17(22)10-8-16)14-23-19(25)12-11-18-13-27-20(24-18)15-5-3-2-4-6-15/h2-10,13,26H,11-12,14H2,1H3,(H,23,25). The number of aryl methyl sites for hydroxylation is 1. The highest BCUT2D eigenvalue weighted by Gasteiger charge is 2.23. The Kier molecular flexibility index (Phi) is 5.98. The fourth-order valence-corrected chi connectivity index (χ4v) is 3.51. The maximum absolute atomic E-state index is 13.0. The average Bonchev–Trinajstić information content (AvgIpc) is 3.15. The number of nitrogens with zero attached hydrogens (tertiary/aromatic N) is 1. The third-order valence-electron chi connectivity index (χ3n) is 4.28. The first-order chi connectivity index (χ1) is 12.9. The monoisotopic (exact) mass is 384 g/mol. The van der Waals surface area contributed by atoms with Crippen LogP contribution in [0.3, 0.4) is 0 Å². The largest absolute Gasteiger partial charge is 0.384 e. The highest BCUT2D eigenvalue weighted by atomic mass is 32.1. The zero-order valence-corrected chi connectivity index (χ0v) is 15.8. The molecule has 3 aromatic rings. The van der Waals surface area contributed by atoms with E-state index in [2.05, 4.69) is 10.3 Å². The van der Waals surface area contributed by atoms with E-state index >= 15 is 0 Å². The van der Waals surface area contributed by atoms with Crippen molar-refractivity contribution < 1.29 is 14.3 Å². The minimum Gasteiger partial charge on any atom is -0.384 e. The van der Waals surface area contributed by atoms with Crippen LogP contribution in [0.2, 0.25) is 0 Å². The number of aliphatic hydroxyl groups is 1. The molecule has 2 aromatic carbocycles. The van der Waals surface area contributed by atoms with Crippen molar-refractivity contribution in [2.75, 3.05) is 6.54 Å². The third-order valence-corrected chi connectivity index (χ3v) is 5.22. The van der Waals surface area contributed by atoms with Gasteiger partial charge in [-0.15, -0.1) is 11.3 Å². The predicted octanol–water partition coefficient (Wildman–Crippen LogP) is 3.91. The van der Waals surface area contributed by atoms with Gasteiger partial charge in [-0.2, -0.15) is 0 Å². The summed E-state index contributed by atoms with van der Waals surface area (Å²) >= 11 is 1.56. The number of hydrogen-bond donors (Lipinski definition) is 2. The number of carbonyl (C=O) groups is 1. The van der Waals surface area contributed by atoms with Crippen molar-refractivity contribution in [2.45, 2.75) is 25.4 Å². The van der Waals surface area contributed by atoms with Crippen molar-refractivity contribution >= 4 is 17.2 Å². The number of aromatic nitrogens is 1. The number of carbonyl (C=O) groups excluding carboxylic acids is 1. The molecule has 0 saturated carbocycles. The van der Waals surface area contributed by atoms with Crippen LogP contribution in [-0.4, -0.2) is 22.5 Å². The Labute approximate surface area is 161 Å². The summed E-state index contributed by atoms with van der Waals surface area (Å²) in [6.07, 6.45) is 0.825. The molecule has 140 valence electrons. The lowest BCUT2D eigenvalue weighted by molar-refractivity contribution is -0.122. The van der Waals surface area contributed by atoms with Crippen LogP contribution < -0.4 is 5.32 Å². The average molecular weight is 384 g/mol. The van der Waals surface area contributed by atoms with E-state index in [0.29, 0.717) is 12.0 Å². The van der Waals surface area contributed by atoms with E-state index < -0.39 is 5.60 Å². The molecule has 1 amide bonds. The molecule has 0 saturated heterocycles. The topological polar surface area (TPSA) is 62.2 Å². The third kappa shape index (κ3) is 5.21. The van der Waals surface area contributed by atoms with Crippen molar-refractivity contribution in [3.05, 3.63) is 77.1 Å². The molecule has 0 aliphatic heterocycles. The van der Waals surface area contributed by atoms with Gasteiger partial charge in [0.05, 0.1) is 12.2 Å². The van der Waals surface area contributed by atoms with Crippen LogP contribution in [0.15, 0.2) is 60.0 Å². The van der Waals surface area contributed by atoms with Crippen molar-refractivity contribution in [3.8, 4) is 10.6 Å². The first-order valence-electron chi connectivity index (χ1n) is 8.69. The molecule has 27 heavy (non-hydrogen) atoms. The summed E-state index contributed by atoms with van der Waals surface area (Å²) in [6, 6.07) is 15.5. The Bertz CT molecular complexity index is 892. The summed E-state index contributed by atoms with van der Waals surface area (Å²) < 4.78 is 13.0. The SMILES string of the molecule is CC(O)(CNC(=O)CCc1csc(-c2ccccc2)n1)c1ccc(F)cc1. The number of nitrogens with one attached hydrogen (secondary N) is 1. The maximum Gasteiger partial charge on any atom is 0.220 e. The molecule has 0 aliphatic carbocycles. The van der Waals surface area contributed by atoms with Crippen LogP contribution in [0.5, 0.6) is 0 Å². The van der Waals surface area contributed by atoms with E-state index in [9.17, 15) is 14.3 Å². The molecule has 6 heteroatoms. The molecule has 0 bridgehead atoms. The lowest BCUT2D eigenvalue weighted by Gasteiger charge is -2.24. The van der Waals surface area contributed by atoms with Crippen LogP contribution in [0.1, 0.15) is 24.6 Å². The number of hydrogen-bond acceptors (Lipinski definition) is 4. The molecule has 1 atom stereocenters. The van der Waals surface area contributed by atoms with Crippen LogP contribution in [0.25, 0.3) is 10.6 Å². The van der Waals surface area contributed by atoms with Gasteiger partial charge in [0.1, 0.15) is 16.4 Å². The Hall–Kier alpha value is -2.57. The molecule has 1 unspecified atom stereocenters. The van der Waals surface area contributed by atoms with Crippen LogP contribution in [0, 0.1) is 5.82 Å². The summed E-state index contributed by atoms with van der Waals surface area (Å²) in [5, 5.41) is 16.1. The quantitative estimate of drug-likeness (QED) is 0.649. The van der Waals surface area contributed by atoms with Gasteiger partial charge >= 0.3 is 0 Å². The van der Waals surface area contributed by atoms with Crippen LogP contribution >= 0.6 is 11.3 Å². The second-order valence-electron chi connectivity index (χ2n) is 6.57. The molecule has 0 fully saturated rings. The van der Waals surface area contributed by atoms with Gasteiger partial charge in [-0.25, -0.2) is 9.37 Å². The molecule has 0 aliphatic rings. The van der Waals surface area contributed by atoms with Crippen molar-refractivity contribution in [3.63, 3.8) is 0 Å². The fourth-order valence-electron chi connectivity index (χ4n) is 2.65. The molecule has 1 aromatic heterocycles. The second kappa shape index (κ2) is 8.41. The molecular formula is C21H21FN2O2S. The first-order valence-corrected chi connectivity index (χ1v) is 9.57. The van der Waals surface area contributed by atoms with Gasteiger partial charge in [0, 0.05) is 17.4 Å². The summed E-state index contributed by atoms with van der Waals surface area (Å²) in [7, 11) is 0. The van der Waals surface area contributed by atoms with Gasteiger partial charge in [0.2, 0.25) is 5.91 Å². The zero-order valence-electron chi connectivity index (χ0n) is 15.0. The first kappa shape index (κ1) is 19.2. The van der Waals surface area contributed by atoms with Crippen molar-refractivity contribution in [1.82, 2.24) is 10.3 Å². The Morgan fingerprint density at radius 1 is 1.19 bits per heavy atom. The summed E-state index contributed by atoms with van der Waals surface area (Å²) in [5.74, 6) is -0.525. The number of amides is 1. The number of halogens is 1. The predicted molar refractivity (Wildman–Crippen MR) is 105 cm³/mol. The minimum atomic E-state index is -1.26. The molecule has 1 heterocycles. The number of thiazole rings is 1. The number of rotatable bonds is 7. The van der Waals surface area contributed by atoms with Gasteiger partial charge in [-0.05, 0) is 31.0 Å². The fraction of sp³-hybridized carbons (Fsp3) is 0.238. The van der Waals surface area contributed by atoms with Crippen molar-refractivity contribution in [1.29, 1.82) is 0 Å². The van der Waals surface area contributed by atoms with E-state index in [0.717, 1.165) is 16.3 Å². The van der Waals surface area contributed by atoms with Gasteiger partial charge in [-0.3, -0.25) is 4.79 Å². The molecule has 0 radical (unpaired) electrons. The minimum absolute atomic E-state index is 0.0593. The van der Waals surface area contributed by atoms with Crippen molar-refractivity contribution in [2.24, 2.45) is 0 Å². The van der Waals surface area contributed by atoms with Gasteiger partial charge in [-0.1, -0.05) is 42.5 Å². The number of benzene rings is 2. The van der Waals surface area contributed by atoms with Gasteiger partial charge < -0.3 is 10.4 Å². The lowest BCUT2D eigenvalue weighted by atomic mass is 9.96. The van der Waals surface area contributed by atoms with Gasteiger partial charge in [0.15, 0.2) is 0 Å². The molecule has 0 spiro atoms. The summed E-state index contributed by atoms with van der Waals surface area (Å²) in [4.78, 5) is 16.7. The van der Waals surface area contributed by atoms with Crippen LogP contribution in [-0.2, 0) is 16.8 Å². The highest BCUT2D eigenvalue weighted by molar-refractivity contribution is 7.13. The normalized spacial score (nSPS) is 13.1. The molecular weight excluding hydrogens is 363 g/mol. The zero-order chi connectivity index (χ0) is 19.3. The van der Waals surface area contributed by atoms with Crippen LogP contribution in [0.4, 0.5) is 4.39 Å². The molecule has 4 nitrogen and oxygen atoms in total. The van der Waals surface area contributed by atoms with E-state index in [-0.39, 0.29) is 24.7 Å². The summed E-state index contributed by atoms with van der Waals surface area (Å²) in [5.41, 5.74) is 1.23.